The molecule has 0 atom stereocenters. The molecule has 3 rings (SSSR count). The van der Waals surface area contributed by atoms with Crippen LogP contribution in [0, 0.1) is 5.92 Å². The fourth-order valence-electron chi connectivity index (χ4n) is 3.24. The monoisotopic (exact) mass is 419 g/mol. The standard InChI is InChI=1S/C15H25N5O3S3/c1-26(22,23)20-8-4-12(5-9-20)13(21)16-14-17-18-15(25-14)24-11-10-19-6-2-3-7-19/h12H,2-11H2,1H3,(H,16,17,21). The summed E-state index contributed by atoms with van der Waals surface area (Å²) < 4.78 is 25.4. The van der Waals surface area contributed by atoms with Gasteiger partial charge in [-0.2, -0.15) is 0 Å². The number of carbonyl (C=O) groups excluding carboxylic acids is 1. The molecule has 0 radical (unpaired) electrons. The first-order chi connectivity index (χ1) is 12.4. The molecule has 2 aliphatic heterocycles. The first-order valence-electron chi connectivity index (χ1n) is 8.86. The maximum atomic E-state index is 12.4. The van der Waals surface area contributed by atoms with E-state index >= 15 is 0 Å². The van der Waals surface area contributed by atoms with Gasteiger partial charge in [-0.3, -0.25) is 4.79 Å². The zero-order valence-electron chi connectivity index (χ0n) is 14.9. The normalized spacial score (nSPS) is 20.5. The van der Waals surface area contributed by atoms with Crippen molar-refractivity contribution in [3.05, 3.63) is 0 Å². The Kier molecular flexibility index (Phi) is 6.89. The van der Waals surface area contributed by atoms with Crippen LogP contribution in [0.25, 0.3) is 0 Å². The van der Waals surface area contributed by atoms with Crippen molar-refractivity contribution >= 4 is 44.2 Å². The summed E-state index contributed by atoms with van der Waals surface area (Å²) in [6, 6.07) is 0. The fourth-order valence-corrected chi connectivity index (χ4v) is 5.94. The molecule has 0 aliphatic carbocycles. The molecule has 3 heterocycles. The molecule has 1 aromatic heterocycles. The topological polar surface area (TPSA) is 95.5 Å². The van der Waals surface area contributed by atoms with E-state index in [0.29, 0.717) is 31.1 Å². The van der Waals surface area contributed by atoms with Crippen molar-refractivity contribution in [2.75, 3.05) is 50.0 Å². The summed E-state index contributed by atoms with van der Waals surface area (Å²) >= 11 is 3.07. The highest BCUT2D eigenvalue weighted by atomic mass is 32.2. The van der Waals surface area contributed by atoms with Gasteiger partial charge in [0.1, 0.15) is 0 Å². The second-order valence-electron chi connectivity index (χ2n) is 6.70. The first kappa shape index (κ1) is 20.0. The van der Waals surface area contributed by atoms with Gasteiger partial charge in [0.2, 0.25) is 21.1 Å². The van der Waals surface area contributed by atoms with Crippen molar-refractivity contribution in [1.82, 2.24) is 19.4 Å². The van der Waals surface area contributed by atoms with Gasteiger partial charge in [-0.1, -0.05) is 23.1 Å². The quantitative estimate of drug-likeness (QED) is 0.526. The van der Waals surface area contributed by atoms with Gasteiger partial charge < -0.3 is 10.2 Å². The molecule has 1 amide bonds. The third-order valence-electron chi connectivity index (χ3n) is 4.76. The number of aromatic nitrogens is 2. The Bertz CT molecular complexity index is 710. The van der Waals surface area contributed by atoms with E-state index in [1.807, 2.05) is 0 Å². The molecule has 0 unspecified atom stereocenters. The number of likely N-dealkylation sites (tertiary alicyclic amines) is 1. The molecule has 1 aromatic rings. The number of nitrogens with zero attached hydrogens (tertiary/aromatic N) is 4. The molecule has 8 nitrogen and oxygen atoms in total. The minimum absolute atomic E-state index is 0.0945. The molecule has 0 bridgehead atoms. The van der Waals surface area contributed by atoms with Crippen LogP contribution in [0.5, 0.6) is 0 Å². The van der Waals surface area contributed by atoms with Crippen LogP contribution < -0.4 is 5.32 Å². The Labute approximate surface area is 162 Å². The molecule has 0 spiro atoms. The fraction of sp³-hybridized carbons (Fsp3) is 0.800. The third-order valence-corrected chi connectivity index (χ3v) is 8.02. The summed E-state index contributed by atoms with van der Waals surface area (Å²) in [7, 11) is -3.17. The highest BCUT2D eigenvalue weighted by molar-refractivity contribution is 8.01. The van der Waals surface area contributed by atoms with Crippen molar-refractivity contribution in [2.45, 2.75) is 30.0 Å². The number of rotatable bonds is 7. The molecule has 1 N–H and O–H groups in total. The Morgan fingerprint density at radius 3 is 2.58 bits per heavy atom. The molecule has 11 heteroatoms. The largest absolute Gasteiger partial charge is 0.303 e. The summed E-state index contributed by atoms with van der Waals surface area (Å²) in [6.07, 6.45) is 4.87. The lowest BCUT2D eigenvalue weighted by Crippen LogP contribution is -2.40. The lowest BCUT2D eigenvalue weighted by Gasteiger charge is -2.29. The predicted octanol–water partition coefficient (Wildman–Crippen LogP) is 1.34. The Morgan fingerprint density at radius 1 is 1.23 bits per heavy atom. The molecule has 2 fully saturated rings. The minimum atomic E-state index is -3.17. The molecule has 0 aromatic carbocycles. The number of amides is 1. The maximum Gasteiger partial charge on any atom is 0.229 e. The van der Waals surface area contributed by atoms with Gasteiger partial charge in [0.05, 0.1) is 6.26 Å². The van der Waals surface area contributed by atoms with Gasteiger partial charge in [0.25, 0.3) is 0 Å². The van der Waals surface area contributed by atoms with E-state index < -0.39 is 10.0 Å². The molecular formula is C15H25N5O3S3. The Hall–Kier alpha value is -0.750. The molecule has 0 saturated carbocycles. The number of sulfonamides is 1. The molecule has 2 saturated heterocycles. The predicted molar refractivity (Wildman–Crippen MR) is 104 cm³/mol. The third kappa shape index (κ3) is 5.62. The zero-order chi connectivity index (χ0) is 18.6. The van der Waals surface area contributed by atoms with Gasteiger partial charge in [-0.05, 0) is 38.8 Å². The van der Waals surface area contributed by atoms with Gasteiger partial charge in [0, 0.05) is 31.3 Å². The number of carbonyl (C=O) groups is 1. The van der Waals surface area contributed by atoms with Gasteiger partial charge in [-0.15, -0.1) is 10.2 Å². The lowest BCUT2D eigenvalue weighted by atomic mass is 9.97. The number of hydrogen-bond donors (Lipinski definition) is 1. The second kappa shape index (κ2) is 8.96. The van der Waals surface area contributed by atoms with E-state index in [1.54, 1.807) is 11.8 Å². The average Bonchev–Trinajstić information content (AvgIpc) is 3.26. The highest BCUT2D eigenvalue weighted by Gasteiger charge is 2.29. The van der Waals surface area contributed by atoms with Crippen LogP contribution in [-0.4, -0.2) is 78.5 Å². The zero-order valence-corrected chi connectivity index (χ0v) is 17.3. The van der Waals surface area contributed by atoms with Crippen LogP contribution in [-0.2, 0) is 14.8 Å². The van der Waals surface area contributed by atoms with Crippen LogP contribution >= 0.6 is 23.1 Å². The van der Waals surface area contributed by atoms with Crippen LogP contribution in [0.3, 0.4) is 0 Å². The van der Waals surface area contributed by atoms with E-state index in [4.69, 9.17) is 0 Å². The number of hydrogen-bond acceptors (Lipinski definition) is 8. The number of nitrogens with one attached hydrogen (secondary N) is 1. The Balaban J connectivity index is 1.41. The lowest BCUT2D eigenvalue weighted by molar-refractivity contribution is -0.120. The Morgan fingerprint density at radius 2 is 1.92 bits per heavy atom. The first-order valence-corrected chi connectivity index (χ1v) is 12.5. The summed E-state index contributed by atoms with van der Waals surface area (Å²) in [5.74, 6) is 0.707. The number of thioether (sulfide) groups is 1. The van der Waals surface area contributed by atoms with Crippen LogP contribution in [0.1, 0.15) is 25.7 Å². The number of anilines is 1. The van der Waals surface area contributed by atoms with Crippen LogP contribution in [0.2, 0.25) is 0 Å². The highest BCUT2D eigenvalue weighted by Crippen LogP contribution is 2.27. The molecule has 26 heavy (non-hydrogen) atoms. The van der Waals surface area contributed by atoms with E-state index in [-0.39, 0.29) is 11.8 Å². The summed E-state index contributed by atoms with van der Waals surface area (Å²) in [6.45, 7) is 4.23. The van der Waals surface area contributed by atoms with Gasteiger partial charge in [0.15, 0.2) is 4.34 Å². The van der Waals surface area contributed by atoms with Crippen molar-refractivity contribution in [1.29, 1.82) is 0 Å². The molecular weight excluding hydrogens is 394 g/mol. The van der Waals surface area contributed by atoms with E-state index in [9.17, 15) is 13.2 Å². The van der Waals surface area contributed by atoms with Crippen molar-refractivity contribution in [3.63, 3.8) is 0 Å². The second-order valence-corrected chi connectivity index (χ2v) is 11.0. The maximum absolute atomic E-state index is 12.4. The van der Waals surface area contributed by atoms with E-state index in [2.05, 4.69) is 20.4 Å². The minimum Gasteiger partial charge on any atom is -0.303 e. The van der Waals surface area contributed by atoms with E-state index in [0.717, 1.165) is 16.6 Å². The summed E-state index contributed by atoms with van der Waals surface area (Å²) in [4.78, 5) is 14.8. The summed E-state index contributed by atoms with van der Waals surface area (Å²) in [5, 5.41) is 11.5. The summed E-state index contributed by atoms with van der Waals surface area (Å²) in [5.41, 5.74) is 0. The van der Waals surface area contributed by atoms with Crippen molar-refractivity contribution in [3.8, 4) is 0 Å². The van der Waals surface area contributed by atoms with Crippen molar-refractivity contribution < 1.29 is 13.2 Å². The van der Waals surface area contributed by atoms with Gasteiger partial charge >= 0.3 is 0 Å². The molecule has 146 valence electrons. The van der Waals surface area contributed by atoms with Crippen LogP contribution in [0.4, 0.5) is 5.13 Å². The number of piperidine rings is 1. The SMILES string of the molecule is CS(=O)(=O)N1CCC(C(=O)Nc2nnc(SCCN3CCCC3)s2)CC1. The molecule has 2 aliphatic rings. The van der Waals surface area contributed by atoms with Gasteiger partial charge in [-0.25, -0.2) is 12.7 Å². The smallest absolute Gasteiger partial charge is 0.229 e. The van der Waals surface area contributed by atoms with Crippen LogP contribution in [0.15, 0.2) is 4.34 Å². The van der Waals surface area contributed by atoms with Crippen molar-refractivity contribution in [2.24, 2.45) is 5.92 Å². The average molecular weight is 420 g/mol. The van der Waals surface area contributed by atoms with E-state index in [1.165, 1.54) is 47.8 Å².